The van der Waals surface area contributed by atoms with Crippen LogP contribution in [-0.2, 0) is 6.54 Å². The topological polar surface area (TPSA) is 93.2 Å². The molecule has 7 nitrogen and oxygen atoms in total. The number of thiophene rings is 1. The van der Waals surface area contributed by atoms with Gasteiger partial charge in [-0.2, -0.15) is 5.10 Å². The molecule has 0 aliphatic carbocycles. The number of carbonyl (C=O) groups excluding carboxylic acids is 2. The lowest BCUT2D eigenvalue weighted by Gasteiger charge is -2.30. The van der Waals surface area contributed by atoms with Gasteiger partial charge in [0.15, 0.2) is 0 Å². The van der Waals surface area contributed by atoms with Gasteiger partial charge in [0.25, 0.3) is 5.91 Å². The first-order chi connectivity index (χ1) is 16.9. The number of halogens is 1. The maximum atomic E-state index is 13.3. The van der Waals surface area contributed by atoms with Gasteiger partial charge in [-0.05, 0) is 68.1 Å². The minimum absolute atomic E-state index is 0.251. The molecule has 0 atom stereocenters. The van der Waals surface area contributed by atoms with Gasteiger partial charge in [-0.25, -0.2) is 4.39 Å². The summed E-state index contributed by atoms with van der Waals surface area (Å²) >= 11 is 1.36. The van der Waals surface area contributed by atoms with Gasteiger partial charge in [-0.15, -0.1) is 11.3 Å². The summed E-state index contributed by atoms with van der Waals surface area (Å²) in [7, 11) is 0. The molecule has 2 amide bonds. The predicted molar refractivity (Wildman–Crippen MR) is 137 cm³/mol. The second-order valence-corrected chi connectivity index (χ2v) is 9.83. The normalized spacial score (nSPS) is 13.8. The molecule has 0 unspecified atom stereocenters. The van der Waals surface area contributed by atoms with Crippen LogP contribution in [0.25, 0.3) is 10.2 Å². The molecule has 2 aromatic carbocycles. The monoisotopic (exact) mass is 491 g/mol. The maximum Gasteiger partial charge on any atom is 0.265 e. The summed E-state index contributed by atoms with van der Waals surface area (Å²) in [5.41, 5.74) is 9.06. The van der Waals surface area contributed by atoms with Crippen molar-refractivity contribution >= 4 is 44.7 Å². The van der Waals surface area contributed by atoms with Crippen LogP contribution in [0.1, 0.15) is 50.5 Å². The van der Waals surface area contributed by atoms with Crippen molar-refractivity contribution < 1.29 is 14.0 Å². The smallest absolute Gasteiger partial charge is 0.265 e. The van der Waals surface area contributed by atoms with E-state index in [0.29, 0.717) is 22.7 Å². The largest absolute Gasteiger partial charge is 0.370 e. The molecule has 0 radical (unpaired) electrons. The molecule has 1 aliphatic heterocycles. The quantitative estimate of drug-likeness (QED) is 0.400. The molecule has 0 saturated carbocycles. The Balaban J connectivity index is 1.44. The van der Waals surface area contributed by atoms with E-state index in [4.69, 9.17) is 5.73 Å². The van der Waals surface area contributed by atoms with Gasteiger partial charge < -0.3 is 16.0 Å². The van der Waals surface area contributed by atoms with Crippen LogP contribution in [0.4, 0.5) is 15.8 Å². The second kappa shape index (κ2) is 9.50. The maximum absolute atomic E-state index is 13.3. The highest BCUT2D eigenvalue weighted by molar-refractivity contribution is 7.20. The Morgan fingerprint density at radius 1 is 1.09 bits per heavy atom. The minimum atomic E-state index is -0.538. The van der Waals surface area contributed by atoms with E-state index >= 15 is 0 Å². The number of piperidine rings is 1. The Bertz CT molecular complexity index is 1400. The summed E-state index contributed by atoms with van der Waals surface area (Å²) in [5, 5.41) is 8.52. The fraction of sp³-hybridized carbons (Fsp3) is 0.269. The highest BCUT2D eigenvalue weighted by Crippen LogP contribution is 2.33. The molecule has 5 rings (SSSR count). The molecule has 1 aliphatic rings. The number of primary amides is 1. The zero-order valence-corrected chi connectivity index (χ0v) is 20.2. The van der Waals surface area contributed by atoms with Gasteiger partial charge in [-0.3, -0.25) is 14.3 Å². The van der Waals surface area contributed by atoms with E-state index in [1.54, 1.807) is 24.3 Å². The molecule has 1 saturated heterocycles. The van der Waals surface area contributed by atoms with Crippen molar-refractivity contribution in [2.75, 3.05) is 23.3 Å². The van der Waals surface area contributed by atoms with Crippen LogP contribution in [0.2, 0.25) is 0 Å². The number of aryl methyl sites for hydroxylation is 1. The Labute approximate surface area is 206 Å². The van der Waals surface area contributed by atoms with Crippen LogP contribution in [0, 0.1) is 12.7 Å². The Morgan fingerprint density at radius 3 is 2.54 bits per heavy atom. The molecule has 180 valence electrons. The molecule has 3 N–H and O–H groups in total. The first-order valence-corrected chi connectivity index (χ1v) is 12.4. The summed E-state index contributed by atoms with van der Waals surface area (Å²) in [4.78, 5) is 28.8. The van der Waals surface area contributed by atoms with Crippen molar-refractivity contribution in [2.45, 2.75) is 32.7 Å². The van der Waals surface area contributed by atoms with Crippen LogP contribution in [-0.4, -0.2) is 34.7 Å². The summed E-state index contributed by atoms with van der Waals surface area (Å²) in [6.45, 7) is 4.19. The lowest BCUT2D eigenvalue weighted by Crippen LogP contribution is -2.30. The number of hydrogen-bond donors (Lipinski definition) is 2. The van der Waals surface area contributed by atoms with Gasteiger partial charge in [0.1, 0.15) is 10.6 Å². The SMILES string of the molecule is Cc1nn(Cc2ccc(F)cc2)c2sc(C(=O)Nc3cc(C(N)=O)ccc3N3CCCCC3)cc12. The number of rotatable bonds is 6. The average molecular weight is 492 g/mol. The Morgan fingerprint density at radius 2 is 1.83 bits per heavy atom. The number of benzene rings is 2. The number of hydrogen-bond acceptors (Lipinski definition) is 5. The first kappa shape index (κ1) is 23.0. The lowest BCUT2D eigenvalue weighted by molar-refractivity contribution is 0.0996. The van der Waals surface area contributed by atoms with Crippen molar-refractivity contribution in [3.8, 4) is 0 Å². The molecular formula is C26H26FN5O2S. The molecule has 2 aromatic heterocycles. The Hall–Kier alpha value is -3.72. The van der Waals surface area contributed by atoms with Crippen molar-refractivity contribution in [3.05, 3.63) is 76.0 Å². The third-order valence-electron chi connectivity index (χ3n) is 6.30. The standard InChI is InChI=1S/C26H26FN5O2S/c1-16-20-14-23(35-26(20)32(30-16)15-17-5-8-19(27)9-6-17)25(34)29-21-13-18(24(28)33)7-10-22(21)31-11-3-2-4-12-31/h5-10,13-14H,2-4,11-12,15H2,1H3,(H2,28,33)(H,29,34). The molecular weight excluding hydrogens is 465 g/mol. The van der Waals surface area contributed by atoms with Crippen LogP contribution >= 0.6 is 11.3 Å². The minimum Gasteiger partial charge on any atom is -0.370 e. The number of aromatic nitrogens is 2. The number of carbonyl (C=O) groups is 2. The number of nitrogens with one attached hydrogen (secondary N) is 1. The lowest BCUT2D eigenvalue weighted by atomic mass is 10.1. The summed E-state index contributed by atoms with van der Waals surface area (Å²) in [5.74, 6) is -1.07. The summed E-state index contributed by atoms with van der Waals surface area (Å²) in [6.07, 6.45) is 3.36. The Kier molecular flexibility index (Phi) is 6.25. The van der Waals surface area contributed by atoms with Crippen LogP contribution in [0.15, 0.2) is 48.5 Å². The highest BCUT2D eigenvalue weighted by Gasteiger charge is 2.21. The summed E-state index contributed by atoms with van der Waals surface area (Å²) < 4.78 is 15.1. The van der Waals surface area contributed by atoms with E-state index < -0.39 is 5.91 Å². The third kappa shape index (κ3) is 4.77. The van der Waals surface area contributed by atoms with E-state index in [1.165, 1.54) is 29.9 Å². The van der Waals surface area contributed by atoms with E-state index in [0.717, 1.165) is 53.1 Å². The fourth-order valence-corrected chi connectivity index (χ4v) is 5.53. The third-order valence-corrected chi connectivity index (χ3v) is 7.45. The van der Waals surface area contributed by atoms with E-state index in [9.17, 15) is 14.0 Å². The second-order valence-electron chi connectivity index (χ2n) is 8.80. The van der Waals surface area contributed by atoms with Crippen LogP contribution < -0.4 is 16.0 Å². The van der Waals surface area contributed by atoms with E-state index in [1.807, 2.05) is 23.7 Å². The van der Waals surface area contributed by atoms with Crippen LogP contribution in [0.5, 0.6) is 0 Å². The fourth-order valence-electron chi connectivity index (χ4n) is 4.48. The van der Waals surface area contributed by atoms with Gasteiger partial charge in [0.2, 0.25) is 5.91 Å². The highest BCUT2D eigenvalue weighted by atomic mass is 32.1. The molecule has 35 heavy (non-hydrogen) atoms. The van der Waals surface area contributed by atoms with Crippen molar-refractivity contribution in [1.82, 2.24) is 9.78 Å². The predicted octanol–water partition coefficient (Wildman–Crippen LogP) is 4.94. The zero-order chi connectivity index (χ0) is 24.5. The van der Waals surface area contributed by atoms with Gasteiger partial charge in [-0.1, -0.05) is 12.1 Å². The molecule has 0 spiro atoms. The zero-order valence-electron chi connectivity index (χ0n) is 19.4. The molecule has 4 aromatic rings. The van der Waals surface area contributed by atoms with Gasteiger partial charge in [0, 0.05) is 24.0 Å². The number of anilines is 2. The van der Waals surface area contributed by atoms with E-state index in [2.05, 4.69) is 15.3 Å². The summed E-state index contributed by atoms with van der Waals surface area (Å²) in [6, 6.07) is 13.4. The molecule has 0 bridgehead atoms. The van der Waals surface area contributed by atoms with Gasteiger partial charge >= 0.3 is 0 Å². The van der Waals surface area contributed by atoms with Crippen molar-refractivity contribution in [2.24, 2.45) is 5.73 Å². The van der Waals surface area contributed by atoms with Crippen molar-refractivity contribution in [3.63, 3.8) is 0 Å². The van der Waals surface area contributed by atoms with Gasteiger partial charge in [0.05, 0.1) is 28.5 Å². The van der Waals surface area contributed by atoms with Crippen LogP contribution in [0.3, 0.4) is 0 Å². The number of nitrogens with zero attached hydrogens (tertiary/aromatic N) is 3. The number of nitrogens with two attached hydrogens (primary N) is 1. The number of fused-ring (bicyclic) bond motifs is 1. The molecule has 1 fully saturated rings. The van der Waals surface area contributed by atoms with E-state index in [-0.39, 0.29) is 11.7 Å². The van der Waals surface area contributed by atoms with Crippen molar-refractivity contribution in [1.29, 1.82) is 0 Å². The number of amides is 2. The molecule has 9 heteroatoms. The average Bonchev–Trinajstić information content (AvgIpc) is 3.42. The first-order valence-electron chi connectivity index (χ1n) is 11.6. The molecule has 3 heterocycles.